The SMILES string of the molecule is c1ccc(-c2ccc(-c3nc(-c4ccccc4)nc(-c4ccc5c(c4)oc4ccc(-c6cccc7oc8c(-n9c%10ccccc%10c%10cc(-c%11ccccc%11)ccc%109)cccc8c67)cc45)n3)cc2)cc1. The van der Waals surface area contributed by atoms with Crippen LogP contribution in [0.15, 0.2) is 239 Å². The molecule has 14 aromatic rings. The fraction of sp³-hybridized carbons (Fsp3) is 0. The number of furan rings is 2. The molecule has 0 amide bonds. The van der Waals surface area contributed by atoms with Gasteiger partial charge in [0, 0.05) is 49.0 Å². The van der Waals surface area contributed by atoms with E-state index in [1.807, 2.05) is 42.5 Å². The van der Waals surface area contributed by atoms with E-state index in [2.05, 4.69) is 193 Å². The number of para-hydroxylation sites is 2. The van der Waals surface area contributed by atoms with Crippen LogP contribution in [0.2, 0.25) is 0 Å². The van der Waals surface area contributed by atoms with Crippen LogP contribution in [0.25, 0.3) is 139 Å². The van der Waals surface area contributed by atoms with Gasteiger partial charge in [-0.3, -0.25) is 0 Å². The summed E-state index contributed by atoms with van der Waals surface area (Å²) in [5.41, 5.74) is 16.0. The predicted molar refractivity (Wildman–Crippen MR) is 281 cm³/mol. The highest BCUT2D eigenvalue weighted by Crippen LogP contribution is 2.43. The Kier molecular flexibility index (Phi) is 8.79. The van der Waals surface area contributed by atoms with E-state index in [0.29, 0.717) is 17.5 Å². The first-order valence-corrected chi connectivity index (χ1v) is 23.2. The summed E-state index contributed by atoms with van der Waals surface area (Å²) in [5, 5.41) is 6.58. The van der Waals surface area contributed by atoms with Crippen LogP contribution in [-0.2, 0) is 0 Å². The second kappa shape index (κ2) is 15.6. The normalized spacial score (nSPS) is 11.8. The van der Waals surface area contributed by atoms with Crippen LogP contribution in [0.4, 0.5) is 0 Å². The zero-order valence-corrected chi connectivity index (χ0v) is 37.0. The molecule has 0 N–H and O–H groups in total. The van der Waals surface area contributed by atoms with Crippen molar-refractivity contribution in [3.05, 3.63) is 231 Å². The fourth-order valence-corrected chi connectivity index (χ4v) is 10.2. The molecule has 0 saturated carbocycles. The molecule has 4 heterocycles. The number of hydrogen-bond acceptors (Lipinski definition) is 5. The summed E-state index contributed by atoms with van der Waals surface area (Å²) in [4.78, 5) is 15.1. The highest BCUT2D eigenvalue weighted by atomic mass is 16.3. The standard InChI is InChI=1S/C63H38N4O2/c1-4-14-39(15-5-1)41-26-28-43(29-27-41)62-64-61(42-18-8-3-9-19-42)65-63(66-62)46-30-33-49-52-37-45(32-35-56(52)68-58(49)38-46)47-21-13-25-57-59(47)50-22-12-24-55(60(50)69-57)67-53-23-11-10-20-48(53)51-36-44(31-34-54(51)67)40-16-6-2-7-17-40/h1-38H. The third kappa shape index (κ3) is 6.45. The van der Waals surface area contributed by atoms with Crippen molar-refractivity contribution in [3.8, 4) is 73.2 Å². The minimum atomic E-state index is 0.574. The van der Waals surface area contributed by atoms with Crippen LogP contribution >= 0.6 is 0 Å². The molecule has 322 valence electrons. The van der Waals surface area contributed by atoms with Gasteiger partial charge in [0.15, 0.2) is 23.1 Å². The summed E-state index contributed by atoms with van der Waals surface area (Å²) in [6, 6.07) is 80.4. The van der Waals surface area contributed by atoms with Gasteiger partial charge in [0.05, 0.1) is 16.7 Å². The minimum Gasteiger partial charge on any atom is -0.456 e. The lowest BCUT2D eigenvalue weighted by Gasteiger charge is -2.09. The van der Waals surface area contributed by atoms with Gasteiger partial charge in [-0.15, -0.1) is 0 Å². The maximum atomic E-state index is 6.90. The van der Waals surface area contributed by atoms with Gasteiger partial charge in [-0.2, -0.15) is 0 Å². The van der Waals surface area contributed by atoms with Gasteiger partial charge in [0.1, 0.15) is 16.7 Å². The predicted octanol–water partition coefficient (Wildman–Crippen LogP) is 16.8. The monoisotopic (exact) mass is 882 g/mol. The molecule has 69 heavy (non-hydrogen) atoms. The maximum Gasteiger partial charge on any atom is 0.164 e. The van der Waals surface area contributed by atoms with Crippen molar-refractivity contribution >= 4 is 65.7 Å². The Morgan fingerprint density at radius 1 is 0.290 bits per heavy atom. The molecule has 0 radical (unpaired) electrons. The third-order valence-electron chi connectivity index (χ3n) is 13.5. The van der Waals surface area contributed by atoms with E-state index in [0.717, 1.165) is 99.5 Å². The smallest absolute Gasteiger partial charge is 0.164 e. The van der Waals surface area contributed by atoms with Crippen LogP contribution < -0.4 is 0 Å². The molecule has 10 aromatic carbocycles. The van der Waals surface area contributed by atoms with E-state index in [1.165, 1.54) is 21.9 Å². The van der Waals surface area contributed by atoms with Crippen LogP contribution in [-0.4, -0.2) is 19.5 Å². The molecule has 0 spiro atoms. The highest BCUT2D eigenvalue weighted by Gasteiger charge is 2.21. The highest BCUT2D eigenvalue weighted by molar-refractivity contribution is 6.17. The van der Waals surface area contributed by atoms with Gasteiger partial charge in [-0.1, -0.05) is 176 Å². The molecule has 4 aromatic heterocycles. The van der Waals surface area contributed by atoms with E-state index < -0.39 is 0 Å². The first kappa shape index (κ1) is 38.8. The molecular formula is C63H38N4O2. The Balaban J connectivity index is 0.862. The molecule has 6 nitrogen and oxygen atoms in total. The van der Waals surface area contributed by atoms with Gasteiger partial charge in [-0.05, 0) is 88.0 Å². The molecule has 0 aliphatic rings. The van der Waals surface area contributed by atoms with Crippen molar-refractivity contribution in [1.82, 2.24) is 19.5 Å². The van der Waals surface area contributed by atoms with Crippen molar-refractivity contribution in [1.29, 1.82) is 0 Å². The second-order valence-electron chi connectivity index (χ2n) is 17.5. The van der Waals surface area contributed by atoms with Crippen LogP contribution in [0.5, 0.6) is 0 Å². The molecule has 0 fully saturated rings. The van der Waals surface area contributed by atoms with E-state index >= 15 is 0 Å². The quantitative estimate of drug-likeness (QED) is 0.159. The van der Waals surface area contributed by atoms with Crippen LogP contribution in [0.1, 0.15) is 0 Å². The Morgan fingerprint density at radius 3 is 1.61 bits per heavy atom. The summed E-state index contributed by atoms with van der Waals surface area (Å²) in [5.74, 6) is 1.79. The Bertz CT molecular complexity index is 4290. The molecular weight excluding hydrogens is 845 g/mol. The molecule has 0 aliphatic heterocycles. The molecule has 0 unspecified atom stereocenters. The average Bonchev–Trinajstić information content (AvgIpc) is 4.10. The number of benzene rings is 10. The van der Waals surface area contributed by atoms with Crippen LogP contribution in [0.3, 0.4) is 0 Å². The summed E-state index contributed by atoms with van der Waals surface area (Å²) in [6.45, 7) is 0. The molecule has 14 rings (SSSR count). The molecule has 0 saturated heterocycles. The average molecular weight is 883 g/mol. The first-order chi connectivity index (χ1) is 34.2. The lowest BCUT2D eigenvalue weighted by Crippen LogP contribution is -2.00. The van der Waals surface area contributed by atoms with Gasteiger partial charge in [-0.25, -0.2) is 15.0 Å². The first-order valence-electron chi connectivity index (χ1n) is 23.2. The summed E-state index contributed by atoms with van der Waals surface area (Å²) < 4.78 is 15.9. The van der Waals surface area contributed by atoms with E-state index in [9.17, 15) is 0 Å². The van der Waals surface area contributed by atoms with Gasteiger partial charge in [0.25, 0.3) is 0 Å². The summed E-state index contributed by atoms with van der Waals surface area (Å²) in [7, 11) is 0. The zero-order chi connectivity index (χ0) is 45.4. The molecule has 0 aliphatic carbocycles. The zero-order valence-electron chi connectivity index (χ0n) is 37.0. The minimum absolute atomic E-state index is 0.574. The van der Waals surface area contributed by atoms with Crippen molar-refractivity contribution in [2.75, 3.05) is 0 Å². The second-order valence-corrected chi connectivity index (χ2v) is 17.5. The number of fused-ring (bicyclic) bond motifs is 9. The number of aromatic nitrogens is 4. The third-order valence-corrected chi connectivity index (χ3v) is 13.5. The largest absolute Gasteiger partial charge is 0.456 e. The van der Waals surface area contributed by atoms with Crippen molar-refractivity contribution < 1.29 is 8.83 Å². The fourth-order valence-electron chi connectivity index (χ4n) is 10.2. The lowest BCUT2D eigenvalue weighted by atomic mass is 9.97. The van der Waals surface area contributed by atoms with Gasteiger partial charge >= 0.3 is 0 Å². The Hall–Kier alpha value is -9.39. The van der Waals surface area contributed by atoms with E-state index in [-0.39, 0.29) is 0 Å². The van der Waals surface area contributed by atoms with Crippen molar-refractivity contribution in [2.45, 2.75) is 0 Å². The topological polar surface area (TPSA) is 69.9 Å². The maximum absolute atomic E-state index is 6.90. The summed E-state index contributed by atoms with van der Waals surface area (Å²) in [6.07, 6.45) is 0. The van der Waals surface area contributed by atoms with Gasteiger partial charge < -0.3 is 13.4 Å². The number of nitrogens with zero attached hydrogens (tertiary/aromatic N) is 4. The van der Waals surface area contributed by atoms with Crippen molar-refractivity contribution in [2.24, 2.45) is 0 Å². The summed E-state index contributed by atoms with van der Waals surface area (Å²) >= 11 is 0. The van der Waals surface area contributed by atoms with E-state index in [4.69, 9.17) is 23.8 Å². The molecule has 0 atom stereocenters. The number of rotatable bonds is 7. The van der Waals surface area contributed by atoms with Crippen LogP contribution in [0, 0.1) is 0 Å². The lowest BCUT2D eigenvalue weighted by molar-refractivity contribution is 0.666. The van der Waals surface area contributed by atoms with E-state index in [1.54, 1.807) is 0 Å². The van der Waals surface area contributed by atoms with Gasteiger partial charge in [0.2, 0.25) is 0 Å². The Labute approximate surface area is 396 Å². The molecule has 0 bridgehead atoms. The number of hydrogen-bond donors (Lipinski definition) is 0. The Morgan fingerprint density at radius 2 is 0.841 bits per heavy atom. The van der Waals surface area contributed by atoms with Crippen molar-refractivity contribution in [3.63, 3.8) is 0 Å². The molecule has 6 heteroatoms.